The zero-order valence-corrected chi connectivity index (χ0v) is 12.3. The van der Waals surface area contributed by atoms with Gasteiger partial charge in [0.15, 0.2) is 17.3 Å². The average molecular weight is 293 g/mol. The molecule has 0 aromatic heterocycles. The van der Waals surface area contributed by atoms with Gasteiger partial charge >= 0.3 is 0 Å². The highest BCUT2D eigenvalue weighted by Gasteiger charge is 2.49. The van der Waals surface area contributed by atoms with Crippen LogP contribution in [0.4, 0.5) is 0 Å². The molecule has 1 fully saturated rings. The number of ketones is 3. The maximum Gasteiger partial charge on any atom is 0.169 e. The van der Waals surface area contributed by atoms with Crippen LogP contribution in [0.1, 0.15) is 25.8 Å². The Kier molecular flexibility index (Phi) is 4.09. The summed E-state index contributed by atoms with van der Waals surface area (Å²) in [6.45, 7) is 3.55. The first-order valence-corrected chi connectivity index (χ1v) is 7.04. The van der Waals surface area contributed by atoms with Gasteiger partial charge in [-0.2, -0.15) is 0 Å². The Labute approximate surface area is 123 Å². The third kappa shape index (κ3) is 2.83. The second-order valence-corrected chi connectivity index (χ2v) is 6.39. The van der Waals surface area contributed by atoms with E-state index in [0.717, 1.165) is 5.56 Å². The minimum Gasteiger partial charge on any atom is -0.298 e. The second kappa shape index (κ2) is 5.49. The first kappa shape index (κ1) is 14.9. The smallest absolute Gasteiger partial charge is 0.169 e. The summed E-state index contributed by atoms with van der Waals surface area (Å²) in [4.78, 5) is 36.6. The molecule has 1 aromatic rings. The molecule has 2 atom stereocenters. The molecule has 1 aliphatic rings. The highest BCUT2D eigenvalue weighted by Crippen LogP contribution is 2.38. The fraction of sp³-hybridized carbons (Fsp3) is 0.438. The maximum atomic E-state index is 12.2. The van der Waals surface area contributed by atoms with E-state index in [2.05, 4.69) is 0 Å². The maximum absolute atomic E-state index is 12.2. The summed E-state index contributed by atoms with van der Waals surface area (Å²) >= 11 is 6.11. The molecule has 1 saturated carbocycles. The van der Waals surface area contributed by atoms with Gasteiger partial charge in [0.05, 0.1) is 5.38 Å². The van der Waals surface area contributed by atoms with Gasteiger partial charge < -0.3 is 0 Å². The van der Waals surface area contributed by atoms with E-state index in [-0.39, 0.29) is 24.4 Å². The summed E-state index contributed by atoms with van der Waals surface area (Å²) < 4.78 is 0. The molecule has 4 heteroatoms. The Morgan fingerprint density at radius 1 is 1.25 bits per heavy atom. The van der Waals surface area contributed by atoms with Crippen molar-refractivity contribution in [3.63, 3.8) is 0 Å². The van der Waals surface area contributed by atoms with Crippen molar-refractivity contribution in [2.45, 2.75) is 32.1 Å². The highest BCUT2D eigenvalue weighted by atomic mass is 35.5. The molecule has 0 heterocycles. The second-order valence-electron chi connectivity index (χ2n) is 5.96. The van der Waals surface area contributed by atoms with E-state index < -0.39 is 22.5 Å². The van der Waals surface area contributed by atoms with E-state index in [0.29, 0.717) is 0 Å². The Bertz CT molecular complexity index is 548. The lowest BCUT2D eigenvalue weighted by Crippen LogP contribution is -2.49. The van der Waals surface area contributed by atoms with Gasteiger partial charge in [-0.05, 0) is 11.0 Å². The Morgan fingerprint density at radius 3 is 2.45 bits per heavy atom. The molecule has 0 spiro atoms. The SMILES string of the molecule is CC1(C)CC(=O)C(C(=O)Cc2ccccc2)C(=O)C1Cl. The first-order chi connectivity index (χ1) is 9.33. The monoisotopic (exact) mass is 292 g/mol. The van der Waals surface area contributed by atoms with Crippen molar-refractivity contribution < 1.29 is 14.4 Å². The molecule has 1 aromatic carbocycles. The van der Waals surface area contributed by atoms with Crippen LogP contribution in [-0.4, -0.2) is 22.7 Å². The minimum absolute atomic E-state index is 0.0903. The van der Waals surface area contributed by atoms with Gasteiger partial charge in [-0.3, -0.25) is 14.4 Å². The van der Waals surface area contributed by atoms with E-state index in [1.807, 2.05) is 18.2 Å². The molecule has 2 rings (SSSR count). The van der Waals surface area contributed by atoms with Gasteiger partial charge in [0.25, 0.3) is 0 Å². The van der Waals surface area contributed by atoms with Crippen LogP contribution in [0.5, 0.6) is 0 Å². The van der Waals surface area contributed by atoms with Crippen LogP contribution in [0.25, 0.3) is 0 Å². The number of hydrogen-bond acceptors (Lipinski definition) is 3. The molecule has 0 N–H and O–H groups in total. The molecule has 3 nitrogen and oxygen atoms in total. The third-order valence-electron chi connectivity index (χ3n) is 3.72. The topological polar surface area (TPSA) is 51.2 Å². The fourth-order valence-corrected chi connectivity index (χ4v) is 2.77. The number of alkyl halides is 1. The lowest BCUT2D eigenvalue weighted by atomic mass is 9.69. The Balaban J connectivity index is 2.18. The summed E-state index contributed by atoms with van der Waals surface area (Å²) in [5, 5.41) is -0.787. The summed E-state index contributed by atoms with van der Waals surface area (Å²) in [5.41, 5.74) is 0.216. The zero-order valence-electron chi connectivity index (χ0n) is 11.6. The van der Waals surface area contributed by atoms with E-state index in [1.54, 1.807) is 26.0 Å². The number of carbonyl (C=O) groups excluding carboxylic acids is 3. The Hall–Kier alpha value is -1.48. The van der Waals surface area contributed by atoms with Gasteiger partial charge in [0.1, 0.15) is 5.92 Å². The number of carbonyl (C=O) groups is 3. The molecule has 0 radical (unpaired) electrons. The van der Waals surface area contributed by atoms with Crippen LogP contribution in [0, 0.1) is 11.3 Å². The van der Waals surface area contributed by atoms with Crippen molar-refractivity contribution in [3.05, 3.63) is 35.9 Å². The number of hydrogen-bond donors (Lipinski definition) is 0. The van der Waals surface area contributed by atoms with E-state index >= 15 is 0 Å². The number of Topliss-reactive ketones (excluding diaryl/α,β-unsaturated/α-hetero) is 3. The molecule has 0 bridgehead atoms. The molecule has 2 unspecified atom stereocenters. The van der Waals surface area contributed by atoms with Crippen LogP contribution in [-0.2, 0) is 20.8 Å². The lowest BCUT2D eigenvalue weighted by molar-refractivity contribution is -0.144. The zero-order chi connectivity index (χ0) is 14.9. The molecule has 106 valence electrons. The van der Waals surface area contributed by atoms with Gasteiger partial charge in [-0.1, -0.05) is 44.2 Å². The van der Waals surface area contributed by atoms with Crippen molar-refractivity contribution in [2.24, 2.45) is 11.3 Å². The summed E-state index contributed by atoms with van der Waals surface area (Å²) in [5.74, 6) is -2.30. The summed E-state index contributed by atoms with van der Waals surface area (Å²) in [7, 11) is 0. The van der Waals surface area contributed by atoms with Crippen LogP contribution in [0.3, 0.4) is 0 Å². The van der Waals surface area contributed by atoms with Crippen molar-refractivity contribution in [1.82, 2.24) is 0 Å². The molecular formula is C16H17ClO3. The van der Waals surface area contributed by atoms with Gasteiger partial charge in [-0.15, -0.1) is 11.6 Å². The van der Waals surface area contributed by atoms with Crippen LogP contribution in [0.15, 0.2) is 30.3 Å². The number of benzene rings is 1. The highest BCUT2D eigenvalue weighted by molar-refractivity contribution is 6.38. The predicted octanol–water partition coefficient (Wildman–Crippen LogP) is 2.59. The van der Waals surface area contributed by atoms with Crippen LogP contribution in [0.2, 0.25) is 0 Å². The lowest BCUT2D eigenvalue weighted by Gasteiger charge is -2.35. The van der Waals surface area contributed by atoms with Crippen LogP contribution < -0.4 is 0 Å². The Morgan fingerprint density at radius 2 is 1.85 bits per heavy atom. The minimum atomic E-state index is -1.19. The van der Waals surface area contributed by atoms with Crippen molar-refractivity contribution >= 4 is 29.0 Å². The van der Waals surface area contributed by atoms with Crippen molar-refractivity contribution in [2.75, 3.05) is 0 Å². The number of halogens is 1. The molecule has 1 aliphatic carbocycles. The standard InChI is InChI=1S/C16H17ClO3/c1-16(2)9-12(19)13(14(20)15(16)17)11(18)8-10-6-4-3-5-7-10/h3-7,13,15H,8-9H2,1-2H3. The van der Waals surface area contributed by atoms with Gasteiger partial charge in [0, 0.05) is 12.8 Å². The molecular weight excluding hydrogens is 276 g/mol. The third-order valence-corrected chi connectivity index (χ3v) is 4.52. The summed E-state index contributed by atoms with van der Waals surface area (Å²) in [6.07, 6.45) is 0.255. The van der Waals surface area contributed by atoms with Gasteiger partial charge in [-0.25, -0.2) is 0 Å². The van der Waals surface area contributed by atoms with E-state index in [4.69, 9.17) is 11.6 Å². The summed E-state index contributed by atoms with van der Waals surface area (Å²) in [6, 6.07) is 9.10. The molecule has 0 amide bonds. The van der Waals surface area contributed by atoms with E-state index in [9.17, 15) is 14.4 Å². The largest absolute Gasteiger partial charge is 0.298 e. The van der Waals surface area contributed by atoms with E-state index in [1.165, 1.54) is 0 Å². The molecule has 0 aliphatic heterocycles. The van der Waals surface area contributed by atoms with Crippen molar-refractivity contribution in [1.29, 1.82) is 0 Å². The average Bonchev–Trinajstić information content (AvgIpc) is 2.37. The quantitative estimate of drug-likeness (QED) is 0.635. The van der Waals surface area contributed by atoms with Gasteiger partial charge in [0.2, 0.25) is 0 Å². The van der Waals surface area contributed by atoms with Crippen molar-refractivity contribution in [3.8, 4) is 0 Å². The molecule has 0 saturated heterocycles. The van der Waals surface area contributed by atoms with Crippen LogP contribution >= 0.6 is 11.6 Å². The fourth-order valence-electron chi connectivity index (χ4n) is 2.57. The predicted molar refractivity (Wildman–Crippen MR) is 76.7 cm³/mol. The normalized spacial score (nSPS) is 25.6. The molecule has 20 heavy (non-hydrogen) atoms. The first-order valence-electron chi connectivity index (χ1n) is 6.60. The number of rotatable bonds is 3.